The molecule has 0 spiro atoms. The fourth-order valence-electron chi connectivity index (χ4n) is 5.82. The minimum atomic E-state index is -0.0647. The van der Waals surface area contributed by atoms with Gasteiger partial charge in [0.2, 0.25) is 0 Å². The van der Waals surface area contributed by atoms with Gasteiger partial charge in [0, 0.05) is 56.3 Å². The lowest BCUT2D eigenvalue weighted by Crippen LogP contribution is -2.22. The second kappa shape index (κ2) is 7.90. The summed E-state index contributed by atoms with van der Waals surface area (Å²) >= 11 is 0. The van der Waals surface area contributed by atoms with E-state index in [-0.39, 0.29) is 5.91 Å². The highest BCUT2D eigenvalue weighted by molar-refractivity contribution is 6.07. The van der Waals surface area contributed by atoms with E-state index in [1.807, 2.05) is 42.2 Å². The van der Waals surface area contributed by atoms with E-state index >= 15 is 0 Å². The van der Waals surface area contributed by atoms with Crippen molar-refractivity contribution in [3.8, 4) is 11.1 Å². The number of nitrogens with zero attached hydrogens (tertiary/aromatic N) is 3. The van der Waals surface area contributed by atoms with Crippen LogP contribution in [0.3, 0.4) is 0 Å². The van der Waals surface area contributed by atoms with Gasteiger partial charge in [-0.25, -0.2) is 9.97 Å². The molecule has 0 aliphatic carbocycles. The number of carbonyl (C=O) groups excluding carboxylic acids is 1. The summed E-state index contributed by atoms with van der Waals surface area (Å²) in [5.41, 5.74) is 7.83. The summed E-state index contributed by atoms with van der Waals surface area (Å²) in [6, 6.07) is 12.4. The summed E-state index contributed by atoms with van der Waals surface area (Å²) in [7, 11) is 1.99. The van der Waals surface area contributed by atoms with Crippen LogP contribution in [0.5, 0.6) is 0 Å². The lowest BCUT2D eigenvalue weighted by Gasteiger charge is -2.17. The largest absolute Gasteiger partial charge is 0.380 e. The van der Waals surface area contributed by atoms with Gasteiger partial charge in [0.1, 0.15) is 11.5 Å². The minimum absolute atomic E-state index is 0.0647. The van der Waals surface area contributed by atoms with Gasteiger partial charge in [-0.1, -0.05) is 12.1 Å². The van der Waals surface area contributed by atoms with Gasteiger partial charge in [0.05, 0.1) is 30.2 Å². The van der Waals surface area contributed by atoms with Gasteiger partial charge >= 0.3 is 0 Å². The number of benzene rings is 1. The third-order valence-corrected chi connectivity index (χ3v) is 7.59. The Bertz CT molecular complexity index is 1490. The lowest BCUT2D eigenvalue weighted by molar-refractivity contribution is 0.0966. The Morgan fingerprint density at radius 2 is 2.03 bits per heavy atom. The number of amides is 1. The molecule has 1 aromatic carbocycles. The number of anilines is 2. The Kier molecular flexibility index (Phi) is 4.65. The molecule has 35 heavy (non-hydrogen) atoms. The monoisotopic (exact) mass is 466 g/mol. The SMILES string of the molecule is Cn1ccc2c(-c3ccc(Nc4ccc5c(n4)CNC[C@@H]4COC[C@@H]54)c4c3CNC4=O)ccnc21. The Morgan fingerprint density at radius 1 is 1.09 bits per heavy atom. The Hall–Kier alpha value is -3.75. The number of pyridine rings is 2. The van der Waals surface area contributed by atoms with Crippen LogP contribution in [0, 0.1) is 5.92 Å². The van der Waals surface area contributed by atoms with Gasteiger partial charge in [0.15, 0.2) is 0 Å². The van der Waals surface area contributed by atoms with Crippen LogP contribution in [0.1, 0.15) is 33.1 Å². The molecule has 1 amide bonds. The molecule has 3 aromatic heterocycles. The molecule has 176 valence electrons. The van der Waals surface area contributed by atoms with Crippen LogP contribution < -0.4 is 16.0 Å². The van der Waals surface area contributed by atoms with Gasteiger partial charge in [-0.3, -0.25) is 4.79 Å². The molecular weight excluding hydrogens is 440 g/mol. The zero-order chi connectivity index (χ0) is 23.5. The maximum absolute atomic E-state index is 12.9. The maximum atomic E-state index is 12.9. The first-order chi connectivity index (χ1) is 17.2. The molecule has 0 bridgehead atoms. The normalized spacial score (nSPS) is 20.8. The van der Waals surface area contributed by atoms with Crippen molar-refractivity contribution in [2.75, 3.05) is 25.1 Å². The van der Waals surface area contributed by atoms with Crippen molar-refractivity contribution in [3.63, 3.8) is 0 Å². The van der Waals surface area contributed by atoms with Crippen molar-refractivity contribution in [2.45, 2.75) is 19.0 Å². The number of carbonyl (C=O) groups is 1. The van der Waals surface area contributed by atoms with Crippen molar-refractivity contribution < 1.29 is 9.53 Å². The maximum Gasteiger partial charge on any atom is 0.254 e. The zero-order valence-electron chi connectivity index (χ0n) is 19.5. The quantitative estimate of drug-likeness (QED) is 0.428. The predicted octanol–water partition coefficient (Wildman–Crippen LogP) is 3.46. The average Bonchev–Trinajstić information content (AvgIpc) is 3.57. The van der Waals surface area contributed by atoms with Crippen molar-refractivity contribution in [3.05, 3.63) is 71.2 Å². The van der Waals surface area contributed by atoms with Crippen molar-refractivity contribution >= 4 is 28.4 Å². The molecule has 0 unspecified atom stereocenters. The summed E-state index contributed by atoms with van der Waals surface area (Å²) < 4.78 is 7.75. The molecule has 1 saturated heterocycles. The molecular formula is C27H26N6O2. The molecule has 3 N–H and O–H groups in total. The number of aryl methyl sites for hydroxylation is 1. The fraction of sp³-hybridized carbons (Fsp3) is 0.296. The van der Waals surface area contributed by atoms with Gasteiger partial charge < -0.3 is 25.3 Å². The van der Waals surface area contributed by atoms with E-state index in [0.29, 0.717) is 23.9 Å². The second-order valence-corrected chi connectivity index (χ2v) is 9.61. The van der Waals surface area contributed by atoms with E-state index in [4.69, 9.17) is 9.72 Å². The van der Waals surface area contributed by atoms with Crippen LogP contribution in [0.15, 0.2) is 48.8 Å². The molecule has 1 fully saturated rings. The minimum Gasteiger partial charge on any atom is -0.380 e. The standard InChI is InChI=1S/C27H26N6O2/c1-33-9-7-19-17(6-8-29-26(19)33)16-2-4-22(25-20(16)11-30-27(25)34)31-24-5-3-18-21-14-35-13-15(21)10-28-12-23(18)32-24/h2-9,15,21,28H,10-14H2,1H3,(H,30,34)(H,31,32)/t15-,21-/m1/s1. The highest BCUT2D eigenvalue weighted by atomic mass is 16.5. The van der Waals surface area contributed by atoms with Gasteiger partial charge in [-0.15, -0.1) is 0 Å². The van der Waals surface area contributed by atoms with E-state index in [9.17, 15) is 4.79 Å². The van der Waals surface area contributed by atoms with E-state index in [0.717, 1.165) is 71.2 Å². The molecule has 3 aliphatic heterocycles. The summed E-state index contributed by atoms with van der Waals surface area (Å²) in [4.78, 5) is 22.4. The van der Waals surface area contributed by atoms with Crippen molar-refractivity contribution in [2.24, 2.45) is 13.0 Å². The van der Waals surface area contributed by atoms with Crippen LogP contribution in [-0.4, -0.2) is 40.2 Å². The Labute approximate surface area is 202 Å². The highest BCUT2D eigenvalue weighted by Crippen LogP contribution is 2.39. The van der Waals surface area contributed by atoms with E-state index < -0.39 is 0 Å². The Balaban J connectivity index is 1.28. The van der Waals surface area contributed by atoms with E-state index in [2.05, 4.69) is 39.1 Å². The predicted molar refractivity (Wildman–Crippen MR) is 134 cm³/mol. The molecule has 0 saturated carbocycles. The van der Waals surface area contributed by atoms with Crippen LogP contribution >= 0.6 is 0 Å². The first-order valence-corrected chi connectivity index (χ1v) is 12.1. The van der Waals surface area contributed by atoms with Crippen LogP contribution in [0.25, 0.3) is 22.2 Å². The van der Waals surface area contributed by atoms with Crippen LogP contribution in [-0.2, 0) is 24.9 Å². The van der Waals surface area contributed by atoms with Crippen LogP contribution in [0.4, 0.5) is 11.5 Å². The first kappa shape index (κ1) is 20.6. The first-order valence-electron chi connectivity index (χ1n) is 12.1. The second-order valence-electron chi connectivity index (χ2n) is 9.61. The third kappa shape index (κ3) is 3.25. The number of rotatable bonds is 3. The summed E-state index contributed by atoms with van der Waals surface area (Å²) in [5, 5.41) is 11.0. The Morgan fingerprint density at radius 3 is 2.97 bits per heavy atom. The number of fused-ring (bicyclic) bond motifs is 5. The highest BCUT2D eigenvalue weighted by Gasteiger charge is 2.33. The van der Waals surface area contributed by atoms with E-state index in [1.165, 1.54) is 5.56 Å². The van der Waals surface area contributed by atoms with Gasteiger partial charge in [-0.2, -0.15) is 0 Å². The molecule has 3 aliphatic rings. The lowest BCUT2D eigenvalue weighted by atomic mass is 9.89. The fourth-order valence-corrected chi connectivity index (χ4v) is 5.82. The van der Waals surface area contributed by atoms with Crippen molar-refractivity contribution in [1.29, 1.82) is 0 Å². The molecule has 8 nitrogen and oxygen atoms in total. The molecule has 4 aromatic rings. The smallest absolute Gasteiger partial charge is 0.254 e. The number of nitrogens with one attached hydrogen (secondary N) is 3. The molecule has 8 heteroatoms. The van der Waals surface area contributed by atoms with E-state index in [1.54, 1.807) is 0 Å². The summed E-state index contributed by atoms with van der Waals surface area (Å²) in [6.07, 6.45) is 3.84. The van der Waals surface area contributed by atoms with Crippen LogP contribution in [0.2, 0.25) is 0 Å². The molecule has 0 radical (unpaired) electrons. The summed E-state index contributed by atoms with van der Waals surface area (Å²) in [5.74, 6) is 1.57. The van der Waals surface area contributed by atoms with Gasteiger partial charge in [-0.05, 0) is 46.5 Å². The molecule has 7 rings (SSSR count). The topological polar surface area (TPSA) is 93.1 Å². The third-order valence-electron chi connectivity index (χ3n) is 7.59. The number of hydrogen-bond donors (Lipinski definition) is 3. The molecule has 2 atom stereocenters. The number of ether oxygens (including phenoxy) is 1. The molecule has 6 heterocycles. The summed E-state index contributed by atoms with van der Waals surface area (Å²) in [6.45, 7) is 3.75. The van der Waals surface area contributed by atoms with Gasteiger partial charge in [0.25, 0.3) is 5.91 Å². The zero-order valence-corrected chi connectivity index (χ0v) is 19.5. The van der Waals surface area contributed by atoms with Crippen molar-refractivity contribution in [1.82, 2.24) is 25.2 Å². The number of aromatic nitrogens is 3. The average molecular weight is 467 g/mol. The number of hydrogen-bond acceptors (Lipinski definition) is 6.